The van der Waals surface area contributed by atoms with Crippen LogP contribution in [0, 0.1) is 11.8 Å². The molecule has 2 heterocycles. The highest BCUT2D eigenvalue weighted by Gasteiger charge is 2.13. The number of carbonyl (C=O) groups is 1. The van der Waals surface area contributed by atoms with E-state index in [0.717, 1.165) is 36.5 Å². The van der Waals surface area contributed by atoms with E-state index in [4.69, 9.17) is 9.84 Å². The molecule has 1 N–H and O–H groups in total. The zero-order valence-electron chi connectivity index (χ0n) is 20.8. The first kappa shape index (κ1) is 26.2. The maximum atomic E-state index is 11.2. The Balaban J connectivity index is 1.39. The molecule has 0 fully saturated rings. The highest BCUT2D eigenvalue weighted by molar-refractivity contribution is 7.07. The first-order chi connectivity index (χ1) is 18.1. The number of aliphatic carboxylic acids is 1. The third-order valence-electron chi connectivity index (χ3n) is 5.92. The maximum Gasteiger partial charge on any atom is 0.304 e. The second kappa shape index (κ2) is 13.4. The van der Waals surface area contributed by atoms with Crippen LogP contribution >= 0.6 is 11.3 Å². The number of ether oxygens (including phenoxy) is 1. The molecule has 0 saturated carbocycles. The summed E-state index contributed by atoms with van der Waals surface area (Å²) in [4.78, 5) is 17.7. The van der Waals surface area contributed by atoms with Gasteiger partial charge in [0.1, 0.15) is 12.4 Å². The van der Waals surface area contributed by atoms with Crippen LogP contribution in [0.5, 0.6) is 5.75 Å². The quantitative estimate of drug-likeness (QED) is 0.220. The standard InChI is InChI=1S/C31H30N2O3S/c1-2-4-29(18-31(34)35)28-7-9-30(10-8-28)36-22-26-6-3-5-25(17-26)20-33(21-27-13-16-37-23-27)19-24-11-14-32-15-12-24/h3,5-17,23,29H,18-22H2,1H3,(H,34,35)/t29-/m0/s1. The van der Waals surface area contributed by atoms with Gasteiger partial charge in [0, 0.05) is 32.0 Å². The van der Waals surface area contributed by atoms with Crippen LogP contribution in [-0.2, 0) is 31.0 Å². The van der Waals surface area contributed by atoms with Crippen LogP contribution in [0.15, 0.2) is 89.9 Å². The van der Waals surface area contributed by atoms with Gasteiger partial charge in [0.25, 0.3) is 0 Å². The van der Waals surface area contributed by atoms with Crippen LogP contribution in [0.2, 0.25) is 0 Å². The van der Waals surface area contributed by atoms with Crippen molar-refractivity contribution in [2.45, 2.75) is 45.5 Å². The molecule has 188 valence electrons. The summed E-state index contributed by atoms with van der Waals surface area (Å²) in [6, 6.07) is 22.4. The molecular weight excluding hydrogens is 480 g/mol. The molecule has 0 aliphatic heterocycles. The van der Waals surface area contributed by atoms with Crippen molar-refractivity contribution in [1.82, 2.24) is 9.88 Å². The van der Waals surface area contributed by atoms with E-state index >= 15 is 0 Å². The molecule has 6 heteroatoms. The number of rotatable bonds is 12. The molecule has 37 heavy (non-hydrogen) atoms. The highest BCUT2D eigenvalue weighted by atomic mass is 32.1. The first-order valence-electron chi connectivity index (χ1n) is 12.2. The van der Waals surface area contributed by atoms with Gasteiger partial charge in [-0.25, -0.2) is 0 Å². The fourth-order valence-corrected chi connectivity index (χ4v) is 4.85. The van der Waals surface area contributed by atoms with E-state index in [9.17, 15) is 4.79 Å². The lowest BCUT2D eigenvalue weighted by Gasteiger charge is -2.22. The smallest absolute Gasteiger partial charge is 0.304 e. The number of nitrogens with zero attached hydrogens (tertiary/aromatic N) is 2. The van der Waals surface area contributed by atoms with Crippen molar-refractivity contribution < 1.29 is 14.6 Å². The Kier molecular flexibility index (Phi) is 9.47. The molecule has 0 amide bonds. The topological polar surface area (TPSA) is 62.7 Å². The molecular formula is C31H30N2O3S. The summed E-state index contributed by atoms with van der Waals surface area (Å²) in [5.41, 5.74) is 5.77. The summed E-state index contributed by atoms with van der Waals surface area (Å²) in [5, 5.41) is 13.5. The van der Waals surface area contributed by atoms with Gasteiger partial charge in [0.05, 0.1) is 12.3 Å². The van der Waals surface area contributed by atoms with Crippen LogP contribution in [0.1, 0.15) is 47.1 Å². The molecule has 0 bridgehead atoms. The fourth-order valence-electron chi connectivity index (χ4n) is 4.20. The predicted octanol–water partition coefficient (Wildman–Crippen LogP) is 6.51. The van der Waals surface area contributed by atoms with E-state index in [2.05, 4.69) is 74.9 Å². The first-order valence-corrected chi connectivity index (χ1v) is 13.1. The number of thiophene rings is 1. The number of carboxylic acids is 1. The van der Waals surface area contributed by atoms with Crippen molar-refractivity contribution >= 4 is 17.3 Å². The van der Waals surface area contributed by atoms with E-state index in [0.29, 0.717) is 6.61 Å². The normalized spacial score (nSPS) is 11.5. The summed E-state index contributed by atoms with van der Waals surface area (Å²) in [6.45, 7) is 4.72. The van der Waals surface area contributed by atoms with Crippen molar-refractivity contribution in [3.05, 3.63) is 118 Å². The molecule has 4 aromatic rings. The Morgan fingerprint density at radius 2 is 1.70 bits per heavy atom. The Morgan fingerprint density at radius 3 is 2.41 bits per heavy atom. The van der Waals surface area contributed by atoms with Crippen molar-refractivity contribution in [3.8, 4) is 17.6 Å². The van der Waals surface area contributed by atoms with Crippen molar-refractivity contribution in [2.24, 2.45) is 0 Å². The monoisotopic (exact) mass is 510 g/mol. The minimum absolute atomic E-state index is 0.0155. The molecule has 0 radical (unpaired) electrons. The van der Waals surface area contributed by atoms with Crippen LogP contribution in [0.3, 0.4) is 0 Å². The molecule has 0 spiro atoms. The van der Waals surface area contributed by atoms with Crippen LogP contribution < -0.4 is 4.74 Å². The molecule has 4 rings (SSSR count). The molecule has 1 atom stereocenters. The van der Waals surface area contributed by atoms with Crippen molar-refractivity contribution in [2.75, 3.05) is 0 Å². The number of carboxylic acid groups (broad SMARTS) is 1. The number of hydrogen-bond acceptors (Lipinski definition) is 5. The van der Waals surface area contributed by atoms with Gasteiger partial charge in [-0.3, -0.25) is 14.7 Å². The zero-order chi connectivity index (χ0) is 25.9. The lowest BCUT2D eigenvalue weighted by molar-refractivity contribution is -0.137. The fraction of sp³-hybridized carbons (Fsp3) is 0.226. The SMILES string of the molecule is CC#C[C@@H](CC(=O)O)c1ccc(OCc2cccc(CN(Cc3ccncc3)Cc3ccsc3)c2)cc1. The van der Waals surface area contributed by atoms with Gasteiger partial charge >= 0.3 is 5.97 Å². The Labute approximate surface area is 222 Å². The third-order valence-corrected chi connectivity index (χ3v) is 6.66. The summed E-state index contributed by atoms with van der Waals surface area (Å²) >= 11 is 1.72. The Bertz CT molecular complexity index is 1330. The van der Waals surface area contributed by atoms with E-state index in [-0.39, 0.29) is 12.3 Å². The van der Waals surface area contributed by atoms with E-state index in [1.807, 2.05) is 36.7 Å². The lowest BCUT2D eigenvalue weighted by atomic mass is 9.96. The maximum absolute atomic E-state index is 11.2. The summed E-state index contributed by atoms with van der Waals surface area (Å²) in [5.74, 6) is 5.37. The van der Waals surface area contributed by atoms with Gasteiger partial charge in [-0.2, -0.15) is 11.3 Å². The molecule has 0 unspecified atom stereocenters. The summed E-state index contributed by atoms with van der Waals surface area (Å²) < 4.78 is 6.04. The van der Waals surface area contributed by atoms with Crippen LogP contribution in [0.25, 0.3) is 0 Å². The minimum Gasteiger partial charge on any atom is -0.489 e. The van der Waals surface area contributed by atoms with Gasteiger partial charge in [0.15, 0.2) is 0 Å². The largest absolute Gasteiger partial charge is 0.489 e. The molecule has 0 aliphatic rings. The van der Waals surface area contributed by atoms with Crippen LogP contribution in [-0.4, -0.2) is 21.0 Å². The Morgan fingerprint density at radius 1 is 0.973 bits per heavy atom. The second-order valence-corrected chi connectivity index (χ2v) is 9.63. The zero-order valence-corrected chi connectivity index (χ0v) is 21.7. The van der Waals surface area contributed by atoms with E-state index < -0.39 is 5.97 Å². The molecule has 0 aliphatic carbocycles. The van der Waals surface area contributed by atoms with E-state index in [1.54, 1.807) is 18.3 Å². The van der Waals surface area contributed by atoms with Crippen LogP contribution in [0.4, 0.5) is 0 Å². The van der Waals surface area contributed by atoms with Crippen molar-refractivity contribution in [3.63, 3.8) is 0 Å². The second-order valence-electron chi connectivity index (χ2n) is 8.85. The molecule has 0 saturated heterocycles. The van der Waals surface area contributed by atoms with Gasteiger partial charge in [0.2, 0.25) is 0 Å². The Hall–Kier alpha value is -3.92. The van der Waals surface area contributed by atoms with Gasteiger partial charge in [-0.15, -0.1) is 5.92 Å². The number of hydrogen-bond donors (Lipinski definition) is 1. The lowest BCUT2D eigenvalue weighted by Crippen LogP contribution is -2.22. The third kappa shape index (κ3) is 8.32. The number of benzene rings is 2. The van der Waals surface area contributed by atoms with Gasteiger partial charge < -0.3 is 9.84 Å². The minimum atomic E-state index is -0.859. The summed E-state index contributed by atoms with van der Waals surface area (Å²) in [7, 11) is 0. The molecule has 5 nitrogen and oxygen atoms in total. The number of pyridine rings is 1. The van der Waals surface area contributed by atoms with E-state index in [1.165, 1.54) is 16.7 Å². The molecule has 2 aromatic heterocycles. The number of aromatic nitrogens is 1. The van der Waals surface area contributed by atoms with Gasteiger partial charge in [-0.1, -0.05) is 42.3 Å². The van der Waals surface area contributed by atoms with Crippen molar-refractivity contribution in [1.29, 1.82) is 0 Å². The average molecular weight is 511 g/mol. The molecule has 2 aromatic carbocycles. The predicted molar refractivity (Wildman–Crippen MR) is 147 cm³/mol. The average Bonchev–Trinajstić information content (AvgIpc) is 3.41. The van der Waals surface area contributed by atoms with Gasteiger partial charge in [-0.05, 0) is 75.8 Å². The summed E-state index contributed by atoms with van der Waals surface area (Å²) in [6.07, 6.45) is 3.66. The highest BCUT2D eigenvalue weighted by Crippen LogP contribution is 2.23.